The molecule has 220 valence electrons. The summed E-state index contributed by atoms with van der Waals surface area (Å²) in [6.45, 7) is 0.407. The van der Waals surface area contributed by atoms with Gasteiger partial charge in [-0.2, -0.15) is 0 Å². The quantitative estimate of drug-likeness (QED) is 0.276. The molecule has 1 aliphatic heterocycles. The van der Waals surface area contributed by atoms with Gasteiger partial charge in [-0.25, -0.2) is 0 Å². The molecule has 0 amide bonds. The number of allylic oxidation sites excluding steroid dienone is 1. The zero-order chi connectivity index (χ0) is 29.4. The summed E-state index contributed by atoms with van der Waals surface area (Å²) >= 11 is 0. The van der Waals surface area contributed by atoms with Gasteiger partial charge in [0.25, 0.3) is 0 Å². The summed E-state index contributed by atoms with van der Waals surface area (Å²) < 4.78 is 39.1. The number of rotatable bonds is 12. The van der Waals surface area contributed by atoms with E-state index in [9.17, 15) is 5.11 Å². The molecule has 0 unspecified atom stereocenters. The molecule has 1 aliphatic rings. The van der Waals surface area contributed by atoms with Crippen LogP contribution in [0.3, 0.4) is 0 Å². The minimum absolute atomic E-state index is 0.0954. The van der Waals surface area contributed by atoms with Gasteiger partial charge in [0.15, 0.2) is 34.5 Å². The Bertz CT molecular complexity index is 1320. The van der Waals surface area contributed by atoms with Gasteiger partial charge in [0, 0.05) is 5.92 Å². The van der Waals surface area contributed by atoms with E-state index in [1.54, 1.807) is 42.7 Å². The van der Waals surface area contributed by atoms with Crippen LogP contribution in [-0.4, -0.2) is 54.4 Å². The Hall–Kier alpha value is -3.88. The van der Waals surface area contributed by atoms with Gasteiger partial charge in [0.2, 0.25) is 0 Å². The van der Waals surface area contributed by atoms with Crippen molar-refractivity contribution >= 4 is 6.08 Å². The third kappa shape index (κ3) is 6.89. The lowest BCUT2D eigenvalue weighted by molar-refractivity contribution is -0.0901. The fourth-order valence-electron chi connectivity index (χ4n) is 5.43. The van der Waals surface area contributed by atoms with E-state index in [1.807, 2.05) is 54.6 Å². The summed E-state index contributed by atoms with van der Waals surface area (Å²) in [5.74, 6) is 3.87. The van der Waals surface area contributed by atoms with E-state index in [-0.39, 0.29) is 17.9 Å². The van der Waals surface area contributed by atoms with Crippen molar-refractivity contribution in [2.45, 2.75) is 25.0 Å². The summed E-state index contributed by atoms with van der Waals surface area (Å²) in [7, 11) is 9.68. The lowest BCUT2D eigenvalue weighted by atomic mass is 9.79. The normalized spacial score (nSPS) is 19.4. The van der Waals surface area contributed by atoms with Crippen molar-refractivity contribution < 1.29 is 38.3 Å². The van der Waals surface area contributed by atoms with Gasteiger partial charge in [0.1, 0.15) is 0 Å². The molecule has 1 fully saturated rings. The first-order valence-corrected chi connectivity index (χ1v) is 13.6. The monoisotopic (exact) mass is 564 g/mol. The Morgan fingerprint density at radius 2 is 1.29 bits per heavy atom. The molecule has 0 saturated carbocycles. The van der Waals surface area contributed by atoms with Gasteiger partial charge in [-0.1, -0.05) is 30.4 Å². The van der Waals surface area contributed by atoms with Crippen molar-refractivity contribution in [2.75, 3.05) is 49.3 Å². The first-order valence-electron chi connectivity index (χ1n) is 13.6. The molecular weight excluding hydrogens is 524 g/mol. The van der Waals surface area contributed by atoms with Crippen LogP contribution in [0.15, 0.2) is 60.7 Å². The molecular formula is C33H40O8. The number of aliphatic hydroxyl groups excluding tert-OH is 1. The largest absolute Gasteiger partial charge is 0.493 e. The zero-order valence-corrected chi connectivity index (χ0v) is 24.6. The molecule has 3 aromatic carbocycles. The first kappa shape index (κ1) is 30.1. The predicted octanol–water partition coefficient (Wildman–Crippen LogP) is 6.27. The molecule has 4 rings (SSSR count). The van der Waals surface area contributed by atoms with Crippen LogP contribution < -0.4 is 28.4 Å². The Balaban J connectivity index is 1.59. The summed E-state index contributed by atoms with van der Waals surface area (Å²) in [5, 5.41) is 11.4. The Morgan fingerprint density at radius 1 is 0.732 bits per heavy atom. The lowest BCUT2D eigenvalue weighted by Crippen LogP contribution is -2.32. The average Bonchev–Trinajstić information content (AvgIpc) is 3.03. The highest BCUT2D eigenvalue weighted by molar-refractivity contribution is 5.56. The number of hydrogen-bond donors (Lipinski definition) is 1. The van der Waals surface area contributed by atoms with Crippen molar-refractivity contribution in [1.82, 2.24) is 0 Å². The van der Waals surface area contributed by atoms with Crippen LogP contribution in [0.1, 0.15) is 41.7 Å². The molecule has 0 radical (unpaired) electrons. The second-order valence-corrected chi connectivity index (χ2v) is 9.94. The molecule has 3 aromatic rings. The topological polar surface area (TPSA) is 84.8 Å². The number of methoxy groups -OCH3 is 6. The molecule has 0 spiro atoms. The van der Waals surface area contributed by atoms with Crippen molar-refractivity contribution in [3.05, 3.63) is 77.4 Å². The van der Waals surface area contributed by atoms with Gasteiger partial charge < -0.3 is 38.3 Å². The van der Waals surface area contributed by atoms with E-state index in [0.29, 0.717) is 41.1 Å². The highest BCUT2D eigenvalue weighted by Crippen LogP contribution is 2.44. The summed E-state index contributed by atoms with van der Waals surface area (Å²) in [6, 6.07) is 17.2. The molecule has 1 heterocycles. The number of aliphatic hydroxyl groups is 1. The van der Waals surface area contributed by atoms with Gasteiger partial charge in [0.05, 0.1) is 61.5 Å². The maximum atomic E-state index is 11.4. The molecule has 0 aliphatic carbocycles. The van der Waals surface area contributed by atoms with Crippen molar-refractivity contribution in [2.24, 2.45) is 11.8 Å². The Kier molecular flexibility index (Phi) is 10.4. The third-order valence-corrected chi connectivity index (χ3v) is 7.61. The second kappa shape index (κ2) is 14.1. The maximum absolute atomic E-state index is 11.4. The highest BCUT2D eigenvalue weighted by Gasteiger charge is 2.36. The highest BCUT2D eigenvalue weighted by atomic mass is 16.5. The van der Waals surface area contributed by atoms with E-state index < -0.39 is 6.10 Å². The summed E-state index contributed by atoms with van der Waals surface area (Å²) in [4.78, 5) is 0. The van der Waals surface area contributed by atoms with Crippen LogP contribution in [-0.2, 0) is 4.74 Å². The second-order valence-electron chi connectivity index (χ2n) is 9.94. The SMILES string of the molecule is COc1ccc(C=CC[C@@H]2C[C@@H]([C@H](O)c3ccc(OC)c(OC)c3)CO[C@H]2c2ccc(OC)c(OC)c2)cc1OC. The summed E-state index contributed by atoms with van der Waals surface area (Å²) in [5.41, 5.74) is 2.77. The van der Waals surface area contributed by atoms with Crippen LogP contribution in [0.25, 0.3) is 6.08 Å². The predicted molar refractivity (Wildman–Crippen MR) is 158 cm³/mol. The van der Waals surface area contributed by atoms with Gasteiger partial charge in [-0.05, 0) is 71.8 Å². The van der Waals surface area contributed by atoms with Crippen LogP contribution in [0.2, 0.25) is 0 Å². The van der Waals surface area contributed by atoms with Crippen LogP contribution in [0.5, 0.6) is 34.5 Å². The molecule has 1 N–H and O–H groups in total. The zero-order valence-electron chi connectivity index (χ0n) is 24.6. The fourth-order valence-corrected chi connectivity index (χ4v) is 5.43. The van der Waals surface area contributed by atoms with E-state index >= 15 is 0 Å². The number of hydrogen-bond acceptors (Lipinski definition) is 8. The number of ether oxygens (including phenoxy) is 7. The smallest absolute Gasteiger partial charge is 0.161 e. The standard InChI is InChI=1S/C33H40O8/c1-35-26-13-10-21(16-29(26)38-4)8-7-9-23-17-25(32(34)22-11-14-27(36-2)30(18-22)39-5)20-41-33(23)24-12-15-28(37-3)31(19-24)40-6/h7-8,10-16,18-19,23,25,32-34H,9,17,20H2,1-6H3/t23-,25-,32-,33-/m1/s1. The first-order chi connectivity index (χ1) is 20.0. The van der Waals surface area contributed by atoms with E-state index in [0.717, 1.165) is 29.5 Å². The summed E-state index contributed by atoms with van der Waals surface area (Å²) in [6.07, 6.45) is 4.81. The maximum Gasteiger partial charge on any atom is 0.161 e. The lowest BCUT2D eigenvalue weighted by Gasteiger charge is -2.38. The molecule has 0 bridgehead atoms. The minimum Gasteiger partial charge on any atom is -0.493 e. The van der Waals surface area contributed by atoms with Crippen molar-refractivity contribution in [1.29, 1.82) is 0 Å². The van der Waals surface area contributed by atoms with Gasteiger partial charge in [-0.15, -0.1) is 0 Å². The van der Waals surface area contributed by atoms with E-state index in [2.05, 4.69) is 12.2 Å². The van der Waals surface area contributed by atoms with Gasteiger partial charge in [-0.3, -0.25) is 0 Å². The fraction of sp³-hybridized carbons (Fsp3) is 0.394. The average molecular weight is 565 g/mol. The van der Waals surface area contributed by atoms with E-state index in [1.165, 1.54) is 0 Å². The van der Waals surface area contributed by atoms with Crippen LogP contribution >= 0.6 is 0 Å². The van der Waals surface area contributed by atoms with Crippen molar-refractivity contribution in [3.8, 4) is 34.5 Å². The molecule has 1 saturated heterocycles. The molecule has 8 nitrogen and oxygen atoms in total. The Morgan fingerprint density at radius 3 is 1.93 bits per heavy atom. The number of benzene rings is 3. The molecule has 41 heavy (non-hydrogen) atoms. The Labute approximate surface area is 242 Å². The van der Waals surface area contributed by atoms with Crippen LogP contribution in [0.4, 0.5) is 0 Å². The third-order valence-electron chi connectivity index (χ3n) is 7.61. The van der Waals surface area contributed by atoms with Crippen LogP contribution in [0, 0.1) is 11.8 Å². The molecule has 4 atom stereocenters. The molecule has 0 aromatic heterocycles. The molecule has 8 heteroatoms. The minimum atomic E-state index is -0.724. The van der Waals surface area contributed by atoms with Crippen molar-refractivity contribution in [3.63, 3.8) is 0 Å². The van der Waals surface area contributed by atoms with E-state index in [4.69, 9.17) is 33.2 Å². The van der Waals surface area contributed by atoms with Gasteiger partial charge >= 0.3 is 0 Å².